The average Bonchev–Trinajstić information content (AvgIpc) is 3.20. The molecule has 6 aromatic rings. The quantitative estimate of drug-likeness (QED) is 0.112. The molecule has 0 saturated carbocycles. The minimum Gasteiger partial charge on any atom is -0.120 e. The average molecular weight is 667 g/mol. The lowest BCUT2D eigenvalue weighted by Crippen LogP contribution is -2.23. The first kappa shape index (κ1) is 32.0. The highest BCUT2D eigenvalue weighted by Crippen LogP contribution is 2.51. The molecule has 250 valence electrons. The molecule has 9 rings (SSSR count). The third kappa shape index (κ3) is 5.32. The standard InChI is InChI=1S/C52H42/c1-4-6-13-42-34-43-33-41-16-9-12-19-48(41)51(49(42)43)38-22-20-35(21-23-38)36-24-28-44(29-25-36)52(3,5-2)45-30-26-37(27-31-45)50-46-17-10-7-14-39(46)32-40-15-8-11-18-47(40)50/h1,7-12,14-34,41,48H,5-6,13H2,2-3H3. The van der Waals surface area contributed by atoms with Gasteiger partial charge in [0.05, 0.1) is 0 Å². The number of terminal acetylenes is 1. The third-order valence-corrected chi connectivity index (χ3v) is 12.0. The van der Waals surface area contributed by atoms with E-state index < -0.39 is 0 Å². The zero-order valence-corrected chi connectivity index (χ0v) is 29.9. The molecule has 0 heterocycles. The summed E-state index contributed by atoms with van der Waals surface area (Å²) in [5.74, 6) is 3.59. The molecule has 3 aliphatic carbocycles. The van der Waals surface area contributed by atoms with Crippen molar-refractivity contribution in [2.24, 2.45) is 11.8 Å². The molecule has 3 unspecified atom stereocenters. The predicted molar refractivity (Wildman–Crippen MR) is 222 cm³/mol. The fourth-order valence-electron chi connectivity index (χ4n) is 8.86. The highest BCUT2D eigenvalue weighted by molar-refractivity contribution is 6.12. The van der Waals surface area contributed by atoms with Crippen molar-refractivity contribution < 1.29 is 0 Å². The predicted octanol–water partition coefficient (Wildman–Crippen LogP) is 13.4. The molecule has 3 aliphatic rings. The lowest BCUT2D eigenvalue weighted by atomic mass is 9.66. The Morgan fingerprint density at radius 2 is 1.21 bits per heavy atom. The van der Waals surface area contributed by atoms with Crippen LogP contribution in [0.4, 0.5) is 0 Å². The van der Waals surface area contributed by atoms with Crippen LogP contribution in [-0.4, -0.2) is 0 Å². The summed E-state index contributed by atoms with van der Waals surface area (Å²) in [5.41, 5.74) is 14.6. The van der Waals surface area contributed by atoms with Gasteiger partial charge in [-0.05, 0) is 102 Å². The summed E-state index contributed by atoms with van der Waals surface area (Å²) in [4.78, 5) is 0. The number of allylic oxidation sites excluding steroid dienone is 10. The van der Waals surface area contributed by atoms with Crippen molar-refractivity contribution in [2.45, 2.75) is 38.5 Å². The van der Waals surface area contributed by atoms with Crippen molar-refractivity contribution in [3.05, 3.63) is 197 Å². The van der Waals surface area contributed by atoms with E-state index in [-0.39, 0.29) is 5.41 Å². The van der Waals surface area contributed by atoms with Gasteiger partial charge in [0.1, 0.15) is 0 Å². The third-order valence-electron chi connectivity index (χ3n) is 12.0. The topological polar surface area (TPSA) is 0 Å². The molecule has 0 bridgehead atoms. The minimum atomic E-state index is -0.103. The molecule has 0 amide bonds. The van der Waals surface area contributed by atoms with Gasteiger partial charge in [-0.3, -0.25) is 0 Å². The molecule has 0 aromatic heterocycles. The SMILES string of the molecule is C#CCCC1=CC2=CC3C=CC=CC3C(c3ccc(-c4ccc(C(C)(CC)c5ccc(-c6c7ccccc7cc7ccccc67)cc5)cc4)cc3)=C21. The van der Waals surface area contributed by atoms with Crippen molar-refractivity contribution in [1.82, 2.24) is 0 Å². The van der Waals surface area contributed by atoms with E-state index in [9.17, 15) is 0 Å². The zero-order chi connectivity index (χ0) is 35.2. The number of hydrogen-bond acceptors (Lipinski definition) is 0. The molecule has 0 fully saturated rings. The summed E-state index contributed by atoms with van der Waals surface area (Å²) < 4.78 is 0. The van der Waals surface area contributed by atoms with E-state index in [0.29, 0.717) is 11.8 Å². The second kappa shape index (κ2) is 13.0. The zero-order valence-electron chi connectivity index (χ0n) is 29.9. The molecule has 3 atom stereocenters. The van der Waals surface area contributed by atoms with Gasteiger partial charge in [0.2, 0.25) is 0 Å². The van der Waals surface area contributed by atoms with Crippen LogP contribution in [0.5, 0.6) is 0 Å². The molecule has 0 nitrogen and oxygen atoms in total. The van der Waals surface area contributed by atoms with Crippen molar-refractivity contribution in [1.29, 1.82) is 0 Å². The van der Waals surface area contributed by atoms with Gasteiger partial charge in [0, 0.05) is 23.7 Å². The molecular weight excluding hydrogens is 625 g/mol. The Labute approximate surface area is 308 Å². The monoisotopic (exact) mass is 666 g/mol. The van der Waals surface area contributed by atoms with Crippen LogP contribution >= 0.6 is 0 Å². The van der Waals surface area contributed by atoms with Crippen LogP contribution in [-0.2, 0) is 5.41 Å². The van der Waals surface area contributed by atoms with Crippen molar-refractivity contribution in [2.75, 3.05) is 0 Å². The van der Waals surface area contributed by atoms with E-state index in [1.807, 2.05) is 0 Å². The Balaban J connectivity index is 1.00. The highest BCUT2D eigenvalue weighted by atomic mass is 14.4. The highest BCUT2D eigenvalue weighted by Gasteiger charge is 2.35. The minimum absolute atomic E-state index is 0.103. The Morgan fingerprint density at radius 3 is 1.83 bits per heavy atom. The molecule has 0 radical (unpaired) electrons. The van der Waals surface area contributed by atoms with Crippen LogP contribution in [0.3, 0.4) is 0 Å². The number of hydrogen-bond donors (Lipinski definition) is 0. The summed E-state index contributed by atoms with van der Waals surface area (Å²) in [6, 6.07) is 47.7. The van der Waals surface area contributed by atoms with E-state index >= 15 is 0 Å². The first-order chi connectivity index (χ1) is 25.6. The maximum atomic E-state index is 5.65. The second-order valence-corrected chi connectivity index (χ2v) is 14.8. The Morgan fingerprint density at radius 1 is 0.654 bits per heavy atom. The van der Waals surface area contributed by atoms with E-state index in [1.54, 1.807) is 0 Å². The number of rotatable bonds is 8. The summed E-state index contributed by atoms with van der Waals surface area (Å²) >= 11 is 0. The van der Waals surface area contributed by atoms with Gasteiger partial charge in [0.15, 0.2) is 0 Å². The van der Waals surface area contributed by atoms with E-state index in [0.717, 1.165) is 19.3 Å². The molecule has 0 aliphatic heterocycles. The van der Waals surface area contributed by atoms with Crippen LogP contribution < -0.4 is 0 Å². The Kier molecular flexibility index (Phi) is 8.02. The van der Waals surface area contributed by atoms with Gasteiger partial charge in [-0.25, -0.2) is 0 Å². The Bertz CT molecular complexity index is 2490. The van der Waals surface area contributed by atoms with Crippen LogP contribution in [0.25, 0.3) is 49.4 Å². The van der Waals surface area contributed by atoms with Gasteiger partial charge in [-0.15, -0.1) is 12.3 Å². The van der Waals surface area contributed by atoms with Crippen LogP contribution in [0.15, 0.2) is 181 Å². The normalized spacial score (nSPS) is 18.6. The van der Waals surface area contributed by atoms with Crippen molar-refractivity contribution in [3.63, 3.8) is 0 Å². The number of benzene rings is 6. The molecule has 0 saturated heterocycles. The molecule has 0 heteroatoms. The smallest absolute Gasteiger partial charge is 0.0172 e. The lowest BCUT2D eigenvalue weighted by Gasteiger charge is -2.38. The second-order valence-electron chi connectivity index (χ2n) is 14.8. The van der Waals surface area contributed by atoms with Crippen molar-refractivity contribution >= 4 is 27.1 Å². The van der Waals surface area contributed by atoms with E-state index in [1.165, 1.54) is 82.8 Å². The lowest BCUT2D eigenvalue weighted by molar-refractivity contribution is 0.550. The van der Waals surface area contributed by atoms with E-state index in [2.05, 4.69) is 184 Å². The Hall–Kier alpha value is -5.90. The molecule has 52 heavy (non-hydrogen) atoms. The number of fused-ring (bicyclic) bond motifs is 4. The van der Waals surface area contributed by atoms with Crippen molar-refractivity contribution in [3.8, 4) is 34.6 Å². The summed E-state index contributed by atoms with van der Waals surface area (Å²) in [6.07, 6.45) is 22.2. The fourth-order valence-corrected chi connectivity index (χ4v) is 8.86. The van der Waals surface area contributed by atoms with Gasteiger partial charge < -0.3 is 0 Å². The fraction of sp³-hybridized carbons (Fsp3) is 0.154. The van der Waals surface area contributed by atoms with Gasteiger partial charge in [0.25, 0.3) is 0 Å². The van der Waals surface area contributed by atoms with E-state index in [4.69, 9.17) is 6.42 Å². The molecule has 6 aromatic carbocycles. The van der Waals surface area contributed by atoms with Crippen LogP contribution in [0, 0.1) is 24.2 Å². The summed E-state index contributed by atoms with van der Waals surface area (Å²) in [7, 11) is 0. The first-order valence-corrected chi connectivity index (χ1v) is 18.7. The van der Waals surface area contributed by atoms with Gasteiger partial charge in [-0.2, -0.15) is 0 Å². The largest absolute Gasteiger partial charge is 0.120 e. The molecular formula is C52H42. The van der Waals surface area contributed by atoms with Gasteiger partial charge in [-0.1, -0.05) is 172 Å². The van der Waals surface area contributed by atoms with Crippen LogP contribution in [0.1, 0.15) is 49.8 Å². The van der Waals surface area contributed by atoms with Crippen LogP contribution in [0.2, 0.25) is 0 Å². The van der Waals surface area contributed by atoms with Gasteiger partial charge >= 0.3 is 0 Å². The maximum Gasteiger partial charge on any atom is 0.0172 e. The summed E-state index contributed by atoms with van der Waals surface area (Å²) in [5, 5.41) is 5.15. The molecule has 0 N–H and O–H groups in total. The maximum absolute atomic E-state index is 5.65. The molecule has 0 spiro atoms. The summed E-state index contributed by atoms with van der Waals surface area (Å²) in [6.45, 7) is 4.69. The first-order valence-electron chi connectivity index (χ1n) is 18.7.